The van der Waals surface area contributed by atoms with Crippen molar-refractivity contribution in [2.75, 3.05) is 7.11 Å². The SMILES string of the molecule is COC(=O)N1[C@@H]2CC[C@H]1[C@@H](O)[C@H](C(C)C)C2. The van der Waals surface area contributed by atoms with Crippen molar-refractivity contribution < 1.29 is 14.6 Å². The zero-order valence-corrected chi connectivity index (χ0v) is 10.2. The average Bonchev–Trinajstić information content (AvgIpc) is 2.59. The van der Waals surface area contributed by atoms with E-state index in [2.05, 4.69) is 13.8 Å². The molecule has 2 saturated heterocycles. The number of rotatable bonds is 1. The molecule has 0 aromatic carbocycles. The van der Waals surface area contributed by atoms with Gasteiger partial charge in [0.2, 0.25) is 0 Å². The third kappa shape index (κ3) is 1.69. The van der Waals surface area contributed by atoms with Crippen molar-refractivity contribution in [3.63, 3.8) is 0 Å². The van der Waals surface area contributed by atoms with Crippen molar-refractivity contribution >= 4 is 6.09 Å². The van der Waals surface area contributed by atoms with Crippen LogP contribution in [0.25, 0.3) is 0 Å². The quantitative estimate of drug-likeness (QED) is 0.740. The Hall–Kier alpha value is -0.770. The third-order valence-corrected chi connectivity index (χ3v) is 4.17. The summed E-state index contributed by atoms with van der Waals surface area (Å²) >= 11 is 0. The second kappa shape index (κ2) is 4.24. The first-order valence-corrected chi connectivity index (χ1v) is 6.10. The van der Waals surface area contributed by atoms with Crippen LogP contribution in [0.5, 0.6) is 0 Å². The van der Waals surface area contributed by atoms with E-state index in [4.69, 9.17) is 4.74 Å². The van der Waals surface area contributed by atoms with Crippen LogP contribution < -0.4 is 0 Å². The minimum atomic E-state index is -0.391. The van der Waals surface area contributed by atoms with Gasteiger partial charge >= 0.3 is 6.09 Å². The first-order valence-electron chi connectivity index (χ1n) is 6.10. The lowest BCUT2D eigenvalue weighted by atomic mass is 9.80. The summed E-state index contributed by atoms with van der Waals surface area (Å²) in [5.74, 6) is 0.788. The number of nitrogens with zero attached hydrogens (tertiary/aromatic N) is 1. The summed E-state index contributed by atoms with van der Waals surface area (Å²) in [6.07, 6.45) is 2.14. The van der Waals surface area contributed by atoms with Crippen LogP contribution in [0, 0.1) is 11.8 Å². The van der Waals surface area contributed by atoms with Crippen LogP contribution in [-0.4, -0.2) is 41.4 Å². The fourth-order valence-electron chi connectivity index (χ4n) is 3.27. The predicted octanol–water partition coefficient (Wildman–Crippen LogP) is 1.62. The molecule has 4 atom stereocenters. The normalized spacial score (nSPS) is 37.9. The molecule has 0 aromatic rings. The number of hydrogen-bond acceptors (Lipinski definition) is 3. The topological polar surface area (TPSA) is 49.8 Å². The van der Waals surface area contributed by atoms with E-state index in [0.29, 0.717) is 11.8 Å². The summed E-state index contributed by atoms with van der Waals surface area (Å²) in [4.78, 5) is 13.4. The molecule has 0 aromatic heterocycles. The Balaban J connectivity index is 2.16. The smallest absolute Gasteiger partial charge is 0.410 e. The number of hydrogen-bond donors (Lipinski definition) is 1. The van der Waals surface area contributed by atoms with Gasteiger partial charge in [0.15, 0.2) is 0 Å². The summed E-state index contributed by atoms with van der Waals surface area (Å²) in [6, 6.07) is 0.242. The zero-order chi connectivity index (χ0) is 11.9. The molecule has 4 heteroatoms. The molecular formula is C12H21NO3. The summed E-state index contributed by atoms with van der Waals surface area (Å²) in [6.45, 7) is 4.28. The van der Waals surface area contributed by atoms with Crippen molar-refractivity contribution in [3.8, 4) is 0 Å². The molecule has 2 heterocycles. The molecule has 2 fully saturated rings. The highest BCUT2D eigenvalue weighted by Gasteiger charge is 2.49. The average molecular weight is 227 g/mol. The molecule has 92 valence electrons. The Kier molecular flexibility index (Phi) is 3.10. The lowest BCUT2D eigenvalue weighted by Crippen LogP contribution is -2.55. The Morgan fingerprint density at radius 3 is 2.69 bits per heavy atom. The molecule has 1 N–H and O–H groups in total. The summed E-state index contributed by atoms with van der Waals surface area (Å²) in [7, 11) is 1.41. The standard InChI is InChI=1S/C12H21NO3/c1-7(2)9-6-8-4-5-10(11(9)14)13(8)12(15)16-3/h7-11,14H,4-6H2,1-3H3/t8-,9+,10+,11+/m1/s1. The van der Waals surface area contributed by atoms with E-state index in [1.165, 1.54) is 7.11 Å². The molecule has 2 rings (SSSR count). The van der Waals surface area contributed by atoms with Gasteiger partial charge in [0.1, 0.15) is 0 Å². The van der Waals surface area contributed by atoms with Gasteiger partial charge in [-0.25, -0.2) is 4.79 Å². The highest BCUT2D eigenvalue weighted by atomic mass is 16.5. The van der Waals surface area contributed by atoms with E-state index in [1.807, 2.05) is 0 Å². The monoisotopic (exact) mass is 227 g/mol. The molecule has 2 aliphatic heterocycles. The third-order valence-electron chi connectivity index (χ3n) is 4.17. The van der Waals surface area contributed by atoms with Crippen LogP contribution in [0.2, 0.25) is 0 Å². The lowest BCUT2D eigenvalue weighted by Gasteiger charge is -2.43. The molecule has 0 spiro atoms. The molecular weight excluding hydrogens is 206 g/mol. The van der Waals surface area contributed by atoms with Crippen molar-refractivity contribution in [2.45, 2.75) is 51.3 Å². The second-order valence-electron chi connectivity index (χ2n) is 5.31. The van der Waals surface area contributed by atoms with Gasteiger partial charge in [-0.2, -0.15) is 0 Å². The molecule has 2 bridgehead atoms. The Morgan fingerprint density at radius 1 is 1.44 bits per heavy atom. The van der Waals surface area contributed by atoms with Crippen molar-refractivity contribution in [1.82, 2.24) is 4.90 Å². The summed E-state index contributed by atoms with van der Waals surface area (Å²) < 4.78 is 4.79. The number of carbonyl (C=O) groups excluding carboxylic acids is 1. The minimum absolute atomic E-state index is 0.0291. The number of methoxy groups -OCH3 is 1. The van der Waals surface area contributed by atoms with Crippen LogP contribution >= 0.6 is 0 Å². The molecule has 2 aliphatic rings. The fraction of sp³-hybridized carbons (Fsp3) is 0.917. The van der Waals surface area contributed by atoms with Gasteiger partial charge < -0.3 is 9.84 Å². The predicted molar refractivity (Wildman–Crippen MR) is 60.0 cm³/mol. The molecule has 0 saturated carbocycles. The van der Waals surface area contributed by atoms with E-state index in [9.17, 15) is 9.90 Å². The van der Waals surface area contributed by atoms with Crippen molar-refractivity contribution in [1.29, 1.82) is 0 Å². The van der Waals surface area contributed by atoms with Crippen LogP contribution in [-0.2, 0) is 4.74 Å². The first-order chi connectivity index (χ1) is 7.56. The van der Waals surface area contributed by atoms with Crippen LogP contribution in [0.15, 0.2) is 0 Å². The number of carbonyl (C=O) groups is 1. The first kappa shape index (κ1) is 11.7. The van der Waals surface area contributed by atoms with Gasteiger partial charge in [-0.1, -0.05) is 13.8 Å². The maximum atomic E-state index is 11.6. The summed E-state index contributed by atoms with van der Waals surface area (Å²) in [5, 5.41) is 10.3. The minimum Gasteiger partial charge on any atom is -0.453 e. The highest BCUT2D eigenvalue weighted by Crippen LogP contribution is 2.41. The van der Waals surface area contributed by atoms with Crippen LogP contribution in [0.1, 0.15) is 33.1 Å². The van der Waals surface area contributed by atoms with E-state index in [1.54, 1.807) is 4.90 Å². The zero-order valence-electron chi connectivity index (χ0n) is 10.2. The number of piperidine rings is 1. The van der Waals surface area contributed by atoms with Crippen LogP contribution in [0.3, 0.4) is 0 Å². The largest absolute Gasteiger partial charge is 0.453 e. The highest BCUT2D eigenvalue weighted by molar-refractivity contribution is 5.69. The number of aliphatic hydroxyl groups is 1. The maximum Gasteiger partial charge on any atom is 0.410 e. The van der Waals surface area contributed by atoms with Gasteiger partial charge in [-0.3, -0.25) is 4.90 Å². The molecule has 0 aliphatic carbocycles. The number of fused-ring (bicyclic) bond motifs is 2. The number of amides is 1. The molecule has 1 amide bonds. The number of ether oxygens (including phenoxy) is 1. The molecule has 0 unspecified atom stereocenters. The van der Waals surface area contributed by atoms with Gasteiger partial charge in [-0.05, 0) is 31.1 Å². The van der Waals surface area contributed by atoms with E-state index in [0.717, 1.165) is 19.3 Å². The van der Waals surface area contributed by atoms with E-state index >= 15 is 0 Å². The summed E-state index contributed by atoms with van der Waals surface area (Å²) in [5.41, 5.74) is 0. The second-order valence-corrected chi connectivity index (χ2v) is 5.31. The Labute approximate surface area is 96.6 Å². The Morgan fingerprint density at radius 2 is 2.12 bits per heavy atom. The molecule has 0 radical (unpaired) electrons. The lowest BCUT2D eigenvalue weighted by molar-refractivity contribution is -0.0373. The van der Waals surface area contributed by atoms with Gasteiger partial charge in [-0.15, -0.1) is 0 Å². The molecule has 16 heavy (non-hydrogen) atoms. The van der Waals surface area contributed by atoms with E-state index < -0.39 is 6.10 Å². The van der Waals surface area contributed by atoms with Crippen LogP contribution in [0.4, 0.5) is 4.79 Å². The number of aliphatic hydroxyl groups excluding tert-OH is 1. The van der Waals surface area contributed by atoms with Crippen molar-refractivity contribution in [2.24, 2.45) is 11.8 Å². The van der Waals surface area contributed by atoms with E-state index in [-0.39, 0.29) is 18.2 Å². The fourth-order valence-corrected chi connectivity index (χ4v) is 3.27. The maximum absolute atomic E-state index is 11.6. The Bertz CT molecular complexity index is 279. The molecule has 4 nitrogen and oxygen atoms in total. The van der Waals surface area contributed by atoms with Gasteiger partial charge in [0, 0.05) is 6.04 Å². The van der Waals surface area contributed by atoms with Gasteiger partial charge in [0.25, 0.3) is 0 Å². The van der Waals surface area contributed by atoms with Crippen molar-refractivity contribution in [3.05, 3.63) is 0 Å². The van der Waals surface area contributed by atoms with Gasteiger partial charge in [0.05, 0.1) is 19.3 Å².